The van der Waals surface area contributed by atoms with Gasteiger partial charge in [0.25, 0.3) is 5.91 Å². The summed E-state index contributed by atoms with van der Waals surface area (Å²) in [5.41, 5.74) is 1.55. The van der Waals surface area contributed by atoms with Crippen molar-refractivity contribution >= 4 is 61.3 Å². The van der Waals surface area contributed by atoms with Crippen molar-refractivity contribution in [3.8, 4) is 5.75 Å². The van der Waals surface area contributed by atoms with Gasteiger partial charge in [-0.05, 0) is 49.7 Å². The van der Waals surface area contributed by atoms with Crippen LogP contribution in [0, 0.1) is 13.8 Å². The second kappa shape index (κ2) is 7.95. The van der Waals surface area contributed by atoms with Gasteiger partial charge in [-0.1, -0.05) is 35.1 Å². The lowest BCUT2D eigenvalue weighted by molar-refractivity contribution is -0.117. The van der Waals surface area contributed by atoms with Gasteiger partial charge in [-0.25, -0.2) is 9.97 Å². The lowest BCUT2D eigenvalue weighted by Crippen LogP contribution is -2.30. The summed E-state index contributed by atoms with van der Waals surface area (Å²) in [5, 5.41) is 22.5. The van der Waals surface area contributed by atoms with Gasteiger partial charge in [-0.2, -0.15) is 0 Å². The van der Waals surface area contributed by atoms with E-state index >= 15 is 0 Å². The van der Waals surface area contributed by atoms with E-state index in [1.54, 1.807) is 44.2 Å². The Hall–Kier alpha value is -3.27. The summed E-state index contributed by atoms with van der Waals surface area (Å²) in [6.07, 6.45) is 0. The van der Waals surface area contributed by atoms with Crippen molar-refractivity contribution < 1.29 is 19.8 Å². The molecule has 0 saturated heterocycles. The minimum absolute atomic E-state index is 0.0287. The van der Waals surface area contributed by atoms with E-state index in [1.165, 1.54) is 39.7 Å². The van der Waals surface area contributed by atoms with Crippen LogP contribution in [0.2, 0.25) is 5.02 Å². The number of thiazole rings is 2. The highest BCUT2D eigenvalue weighted by Crippen LogP contribution is 2.45. The second-order valence-corrected chi connectivity index (χ2v) is 10.2. The minimum atomic E-state index is -0.977. The van der Waals surface area contributed by atoms with E-state index in [4.69, 9.17) is 11.6 Å². The van der Waals surface area contributed by atoms with E-state index in [1.807, 2.05) is 0 Å². The normalized spacial score (nSPS) is 16.3. The van der Waals surface area contributed by atoms with Gasteiger partial charge in [0.1, 0.15) is 5.75 Å². The van der Waals surface area contributed by atoms with Crippen LogP contribution in [-0.2, 0) is 4.79 Å². The summed E-state index contributed by atoms with van der Waals surface area (Å²) in [7, 11) is 0. The van der Waals surface area contributed by atoms with Crippen LogP contribution >= 0.6 is 34.3 Å². The average molecular weight is 498 g/mol. The predicted molar refractivity (Wildman–Crippen MR) is 129 cm³/mol. The second-order valence-electron chi connectivity index (χ2n) is 7.52. The summed E-state index contributed by atoms with van der Waals surface area (Å²) in [4.78, 5) is 37.4. The number of Topliss-reactive ketones (excluding diaryl/α,β-unsaturated/α-hetero) is 1. The fraction of sp³-hybridized carbons (Fsp3) is 0.130. The number of halogens is 1. The van der Waals surface area contributed by atoms with Crippen molar-refractivity contribution in [1.82, 2.24) is 9.97 Å². The number of anilines is 1. The van der Waals surface area contributed by atoms with Crippen molar-refractivity contribution in [3.63, 3.8) is 0 Å². The number of rotatable bonds is 4. The van der Waals surface area contributed by atoms with Crippen LogP contribution in [0.1, 0.15) is 32.0 Å². The van der Waals surface area contributed by atoms with Gasteiger partial charge in [-0.3, -0.25) is 14.5 Å². The molecule has 1 aliphatic rings. The number of aliphatic hydroxyl groups excluding tert-OH is 1. The number of hydrogen-bond acceptors (Lipinski definition) is 8. The zero-order valence-corrected chi connectivity index (χ0v) is 19.8. The number of carbonyl (C=O) groups is 2. The number of aliphatic hydroxyl groups is 1. The number of phenols is 1. The molecule has 2 aromatic heterocycles. The van der Waals surface area contributed by atoms with E-state index in [9.17, 15) is 19.8 Å². The molecule has 2 aromatic carbocycles. The summed E-state index contributed by atoms with van der Waals surface area (Å²) >= 11 is 8.53. The Bertz CT molecular complexity index is 1490. The molecule has 0 bridgehead atoms. The first-order valence-electron chi connectivity index (χ1n) is 9.85. The van der Waals surface area contributed by atoms with E-state index < -0.39 is 23.5 Å². The van der Waals surface area contributed by atoms with Gasteiger partial charge >= 0.3 is 0 Å². The molecule has 0 radical (unpaired) electrons. The number of amides is 1. The van der Waals surface area contributed by atoms with E-state index in [2.05, 4.69) is 9.97 Å². The van der Waals surface area contributed by atoms with Crippen LogP contribution < -0.4 is 4.90 Å². The monoisotopic (exact) mass is 497 g/mol. The SMILES string of the molecule is Cc1nc(C)c(C(=O)C2=C(O)C(=O)N(c3nc4ccc(Cl)cc4s3)C2c2cccc(O)c2)s1. The summed E-state index contributed by atoms with van der Waals surface area (Å²) < 4.78 is 0.758. The molecule has 7 nitrogen and oxygen atoms in total. The molecule has 1 unspecified atom stereocenters. The lowest BCUT2D eigenvalue weighted by atomic mass is 9.95. The molecular weight excluding hydrogens is 482 g/mol. The first-order chi connectivity index (χ1) is 15.7. The Kier molecular flexibility index (Phi) is 5.19. The number of ketones is 1. The number of fused-ring (bicyclic) bond motifs is 1. The van der Waals surface area contributed by atoms with Crippen LogP contribution in [-0.4, -0.2) is 31.9 Å². The van der Waals surface area contributed by atoms with Crippen LogP contribution in [0.5, 0.6) is 5.75 Å². The number of benzene rings is 2. The number of aromatic nitrogens is 2. The predicted octanol–water partition coefficient (Wildman–Crippen LogP) is 5.51. The maximum atomic E-state index is 13.6. The molecule has 0 aliphatic carbocycles. The Morgan fingerprint density at radius 3 is 2.58 bits per heavy atom. The summed E-state index contributed by atoms with van der Waals surface area (Å²) in [6.45, 7) is 3.50. The van der Waals surface area contributed by atoms with Crippen molar-refractivity contribution in [1.29, 1.82) is 0 Å². The molecule has 0 fully saturated rings. The molecule has 1 amide bonds. The zero-order chi connectivity index (χ0) is 23.4. The number of phenolic OH excluding ortho intramolecular Hbond substituents is 1. The average Bonchev–Trinajstić information content (AvgIpc) is 3.41. The smallest absolute Gasteiger partial charge is 0.296 e. The van der Waals surface area contributed by atoms with Gasteiger partial charge < -0.3 is 10.2 Å². The lowest BCUT2D eigenvalue weighted by Gasteiger charge is -2.24. The highest BCUT2D eigenvalue weighted by Gasteiger charge is 2.46. The molecule has 1 aliphatic heterocycles. The minimum Gasteiger partial charge on any atom is -0.508 e. The quantitative estimate of drug-likeness (QED) is 0.360. The highest BCUT2D eigenvalue weighted by atomic mass is 35.5. The third kappa shape index (κ3) is 3.58. The Balaban J connectivity index is 1.70. The van der Waals surface area contributed by atoms with Crippen molar-refractivity contribution in [3.05, 3.63) is 80.0 Å². The topological polar surface area (TPSA) is 104 Å². The largest absolute Gasteiger partial charge is 0.508 e. The molecule has 33 heavy (non-hydrogen) atoms. The number of aromatic hydroxyl groups is 1. The van der Waals surface area contributed by atoms with Crippen molar-refractivity contribution in [2.45, 2.75) is 19.9 Å². The molecule has 1 atom stereocenters. The van der Waals surface area contributed by atoms with Gasteiger partial charge in [0, 0.05) is 5.02 Å². The van der Waals surface area contributed by atoms with E-state index in [0.29, 0.717) is 36.8 Å². The molecular formula is C23H16ClN3O4S2. The summed E-state index contributed by atoms with van der Waals surface area (Å²) in [6, 6.07) is 10.5. The first-order valence-corrected chi connectivity index (χ1v) is 11.9. The molecule has 2 N–H and O–H groups in total. The van der Waals surface area contributed by atoms with Gasteiger partial charge in [-0.15, -0.1) is 11.3 Å². The fourth-order valence-electron chi connectivity index (χ4n) is 3.90. The molecule has 10 heteroatoms. The Morgan fingerprint density at radius 1 is 1.09 bits per heavy atom. The number of carbonyl (C=O) groups excluding carboxylic acids is 2. The molecule has 166 valence electrons. The Morgan fingerprint density at radius 2 is 1.88 bits per heavy atom. The molecule has 0 saturated carbocycles. The number of aryl methyl sites for hydroxylation is 2. The molecule has 3 heterocycles. The molecule has 5 rings (SSSR count). The third-order valence-corrected chi connectivity index (χ3v) is 7.62. The zero-order valence-electron chi connectivity index (χ0n) is 17.4. The van der Waals surface area contributed by atoms with Crippen molar-refractivity contribution in [2.75, 3.05) is 4.90 Å². The third-order valence-electron chi connectivity index (χ3n) is 5.29. The van der Waals surface area contributed by atoms with Crippen molar-refractivity contribution in [2.24, 2.45) is 0 Å². The van der Waals surface area contributed by atoms with Gasteiger partial charge in [0.15, 0.2) is 10.9 Å². The maximum Gasteiger partial charge on any atom is 0.296 e. The fourth-order valence-corrected chi connectivity index (χ4v) is 6.04. The van der Waals surface area contributed by atoms with E-state index in [0.717, 1.165) is 4.70 Å². The van der Waals surface area contributed by atoms with E-state index in [-0.39, 0.29) is 11.3 Å². The highest BCUT2D eigenvalue weighted by molar-refractivity contribution is 7.22. The van der Waals surface area contributed by atoms with Crippen LogP contribution in [0.15, 0.2) is 53.8 Å². The number of nitrogens with zero attached hydrogens (tertiary/aromatic N) is 3. The van der Waals surface area contributed by atoms with Gasteiger partial charge in [0.05, 0.1) is 37.4 Å². The maximum absolute atomic E-state index is 13.6. The molecule has 4 aromatic rings. The van der Waals surface area contributed by atoms with Crippen LogP contribution in [0.4, 0.5) is 5.13 Å². The van der Waals surface area contributed by atoms with Crippen LogP contribution in [0.25, 0.3) is 10.2 Å². The first kappa shape index (κ1) is 21.6. The Labute approximate surface area is 201 Å². The molecule has 0 spiro atoms. The van der Waals surface area contributed by atoms with Gasteiger partial charge in [0.2, 0.25) is 5.78 Å². The van der Waals surface area contributed by atoms with Crippen LogP contribution in [0.3, 0.4) is 0 Å². The standard InChI is InChI=1S/C23H16ClN3O4S2/c1-10-21(32-11(2)25-10)19(29)17-18(12-4-3-5-14(28)8-12)27(22(31)20(17)30)23-26-15-7-6-13(24)9-16(15)33-23/h3-9,18,28,30H,1-2H3. The summed E-state index contributed by atoms with van der Waals surface area (Å²) in [5.74, 6) is -1.89. The number of hydrogen-bond donors (Lipinski definition) is 2.